The van der Waals surface area contributed by atoms with Crippen LogP contribution < -0.4 is 16.4 Å². The maximum absolute atomic E-state index is 12.9. The number of hydrogen-bond acceptors (Lipinski definition) is 3. The number of amides is 3. The summed E-state index contributed by atoms with van der Waals surface area (Å²) in [6.45, 7) is 0. The second-order valence-electron chi connectivity index (χ2n) is 4.12. The molecule has 21 heavy (non-hydrogen) atoms. The predicted octanol–water partition coefficient (Wildman–Crippen LogP) is 1.43. The summed E-state index contributed by atoms with van der Waals surface area (Å²) in [5.74, 6) is -2.44. The summed E-state index contributed by atoms with van der Waals surface area (Å²) in [5.41, 5.74) is 5.20. The minimum atomic E-state index is -1.29. The third-order valence-electron chi connectivity index (χ3n) is 2.46. The molecule has 114 valence electrons. The van der Waals surface area contributed by atoms with E-state index in [-0.39, 0.29) is 18.5 Å². The average molecular weight is 362 g/mol. The molecule has 7 nitrogen and oxygen atoms in total. The van der Waals surface area contributed by atoms with Gasteiger partial charge >= 0.3 is 12.0 Å². The predicted molar refractivity (Wildman–Crippen MR) is 76.1 cm³/mol. The van der Waals surface area contributed by atoms with Gasteiger partial charge in [0.25, 0.3) is 0 Å². The van der Waals surface area contributed by atoms with Crippen molar-refractivity contribution in [3.05, 3.63) is 28.5 Å². The molecule has 1 atom stereocenters. The van der Waals surface area contributed by atoms with Crippen molar-refractivity contribution < 1.29 is 23.9 Å². The molecule has 1 aromatic rings. The Morgan fingerprint density at radius 2 is 2.05 bits per heavy atom. The van der Waals surface area contributed by atoms with Crippen molar-refractivity contribution in [1.29, 1.82) is 0 Å². The van der Waals surface area contributed by atoms with E-state index >= 15 is 0 Å². The third kappa shape index (κ3) is 5.78. The van der Waals surface area contributed by atoms with E-state index in [1.165, 1.54) is 6.07 Å². The normalized spacial score (nSPS) is 11.5. The standard InChI is InChI=1S/C12H13BrFN3O4/c13-7-5-6(14)1-2-8(7)16-12(21)17-9(11(19)20)3-4-10(15)18/h1-2,5,9H,3-4H2,(H2,15,18)(H,19,20)(H2,16,17,21)/t9-/m0/s1. The monoisotopic (exact) mass is 361 g/mol. The second-order valence-corrected chi connectivity index (χ2v) is 4.97. The van der Waals surface area contributed by atoms with Gasteiger partial charge in [0, 0.05) is 10.9 Å². The van der Waals surface area contributed by atoms with Crippen molar-refractivity contribution >= 4 is 39.5 Å². The fraction of sp³-hybridized carbons (Fsp3) is 0.250. The zero-order valence-electron chi connectivity index (χ0n) is 10.7. The fourth-order valence-electron chi connectivity index (χ4n) is 1.45. The summed E-state index contributed by atoms with van der Waals surface area (Å²) in [5, 5.41) is 13.5. The molecule has 0 fully saturated rings. The number of urea groups is 1. The van der Waals surface area contributed by atoms with Crippen molar-refractivity contribution in [2.75, 3.05) is 5.32 Å². The molecule has 0 saturated carbocycles. The van der Waals surface area contributed by atoms with Crippen LogP contribution >= 0.6 is 15.9 Å². The number of hydrogen-bond donors (Lipinski definition) is 4. The van der Waals surface area contributed by atoms with Gasteiger partial charge in [-0.05, 0) is 40.5 Å². The van der Waals surface area contributed by atoms with Crippen LogP contribution in [0, 0.1) is 5.82 Å². The molecule has 0 unspecified atom stereocenters. The molecule has 0 aliphatic heterocycles. The highest BCUT2D eigenvalue weighted by atomic mass is 79.9. The Balaban J connectivity index is 2.65. The highest BCUT2D eigenvalue weighted by molar-refractivity contribution is 9.10. The molecule has 0 aliphatic rings. The van der Waals surface area contributed by atoms with Gasteiger partial charge in [-0.1, -0.05) is 0 Å². The first-order valence-corrected chi connectivity index (χ1v) is 6.62. The molecule has 0 aromatic heterocycles. The number of carboxylic acids is 1. The number of benzene rings is 1. The number of primary amides is 1. The minimum Gasteiger partial charge on any atom is -0.480 e. The van der Waals surface area contributed by atoms with E-state index in [0.29, 0.717) is 4.47 Å². The number of halogens is 2. The SMILES string of the molecule is NC(=O)CC[C@H](NC(=O)Nc1ccc(F)cc1Br)C(=O)O. The number of carbonyl (C=O) groups is 3. The summed E-state index contributed by atoms with van der Waals surface area (Å²) < 4.78 is 13.2. The lowest BCUT2D eigenvalue weighted by Gasteiger charge is -2.15. The molecule has 5 N–H and O–H groups in total. The Labute approximate surface area is 127 Å². The van der Waals surface area contributed by atoms with Gasteiger partial charge in [-0.2, -0.15) is 0 Å². The summed E-state index contributed by atoms with van der Waals surface area (Å²) in [4.78, 5) is 33.3. The van der Waals surface area contributed by atoms with Crippen molar-refractivity contribution in [2.24, 2.45) is 5.73 Å². The zero-order valence-corrected chi connectivity index (χ0v) is 12.3. The third-order valence-corrected chi connectivity index (χ3v) is 3.12. The Bertz CT molecular complexity index is 567. The first-order chi connectivity index (χ1) is 9.79. The van der Waals surface area contributed by atoms with E-state index in [2.05, 4.69) is 26.6 Å². The van der Waals surface area contributed by atoms with E-state index in [0.717, 1.165) is 12.1 Å². The van der Waals surface area contributed by atoms with Gasteiger partial charge in [0.05, 0.1) is 5.69 Å². The summed E-state index contributed by atoms with van der Waals surface area (Å²) in [6, 6.07) is 1.56. The highest BCUT2D eigenvalue weighted by Crippen LogP contribution is 2.22. The fourth-order valence-corrected chi connectivity index (χ4v) is 1.90. The largest absolute Gasteiger partial charge is 0.480 e. The van der Waals surface area contributed by atoms with Crippen molar-refractivity contribution in [1.82, 2.24) is 5.32 Å². The van der Waals surface area contributed by atoms with E-state index in [1.807, 2.05) is 0 Å². The molecular formula is C12H13BrFN3O4. The molecule has 0 spiro atoms. The van der Waals surface area contributed by atoms with Crippen LogP contribution in [0.5, 0.6) is 0 Å². The number of nitrogens with one attached hydrogen (secondary N) is 2. The molecule has 0 heterocycles. The van der Waals surface area contributed by atoms with Crippen LogP contribution in [0.25, 0.3) is 0 Å². The second kappa shape index (κ2) is 7.58. The highest BCUT2D eigenvalue weighted by Gasteiger charge is 2.20. The first kappa shape index (κ1) is 16.9. The quantitative estimate of drug-likeness (QED) is 0.612. The molecule has 0 bridgehead atoms. The number of carboxylic acid groups (broad SMARTS) is 1. The number of aliphatic carboxylic acids is 1. The molecule has 0 saturated heterocycles. The Morgan fingerprint density at radius 3 is 2.57 bits per heavy atom. The molecule has 9 heteroatoms. The van der Waals surface area contributed by atoms with E-state index in [9.17, 15) is 18.8 Å². The van der Waals surface area contributed by atoms with Crippen LogP contribution in [0.4, 0.5) is 14.9 Å². The Hall–Kier alpha value is -2.16. The van der Waals surface area contributed by atoms with Crippen molar-refractivity contribution in [3.63, 3.8) is 0 Å². The van der Waals surface area contributed by atoms with Gasteiger partial charge in [-0.15, -0.1) is 0 Å². The van der Waals surface area contributed by atoms with Crippen molar-refractivity contribution in [3.8, 4) is 0 Å². The molecule has 0 radical (unpaired) electrons. The maximum atomic E-state index is 12.9. The number of nitrogens with two attached hydrogens (primary N) is 1. The first-order valence-electron chi connectivity index (χ1n) is 5.83. The van der Waals surface area contributed by atoms with Gasteiger partial charge in [0.1, 0.15) is 11.9 Å². The van der Waals surface area contributed by atoms with Gasteiger partial charge in [0.15, 0.2) is 0 Å². The lowest BCUT2D eigenvalue weighted by atomic mass is 10.1. The average Bonchev–Trinajstić information content (AvgIpc) is 2.37. The topological polar surface area (TPSA) is 122 Å². The molecule has 1 rings (SSSR count). The van der Waals surface area contributed by atoms with Crippen LogP contribution in [0.3, 0.4) is 0 Å². The smallest absolute Gasteiger partial charge is 0.326 e. The van der Waals surface area contributed by atoms with E-state index in [1.54, 1.807) is 0 Å². The molecule has 3 amide bonds. The minimum absolute atomic E-state index is 0.122. The van der Waals surface area contributed by atoms with Gasteiger partial charge in [-0.25, -0.2) is 14.0 Å². The van der Waals surface area contributed by atoms with Gasteiger partial charge < -0.3 is 21.5 Å². The van der Waals surface area contributed by atoms with Crippen molar-refractivity contribution in [2.45, 2.75) is 18.9 Å². The molecular weight excluding hydrogens is 349 g/mol. The summed E-state index contributed by atoms with van der Waals surface area (Å²) in [6.07, 6.45) is -0.292. The Morgan fingerprint density at radius 1 is 1.38 bits per heavy atom. The summed E-state index contributed by atoms with van der Waals surface area (Å²) in [7, 11) is 0. The maximum Gasteiger partial charge on any atom is 0.326 e. The van der Waals surface area contributed by atoms with Crippen LogP contribution in [-0.2, 0) is 9.59 Å². The number of anilines is 1. The zero-order chi connectivity index (χ0) is 16.0. The van der Waals surface area contributed by atoms with Gasteiger partial charge in [0.2, 0.25) is 5.91 Å². The Kier molecular flexibility index (Phi) is 6.10. The lowest BCUT2D eigenvalue weighted by Crippen LogP contribution is -2.43. The molecule has 1 aromatic carbocycles. The van der Waals surface area contributed by atoms with Crippen LogP contribution in [-0.4, -0.2) is 29.1 Å². The number of carbonyl (C=O) groups excluding carboxylic acids is 2. The number of rotatable bonds is 6. The molecule has 0 aliphatic carbocycles. The van der Waals surface area contributed by atoms with Gasteiger partial charge in [-0.3, -0.25) is 4.79 Å². The van der Waals surface area contributed by atoms with Crippen LogP contribution in [0.2, 0.25) is 0 Å². The summed E-state index contributed by atoms with van der Waals surface area (Å²) >= 11 is 3.06. The van der Waals surface area contributed by atoms with E-state index in [4.69, 9.17) is 10.8 Å². The lowest BCUT2D eigenvalue weighted by molar-refractivity contribution is -0.139. The van der Waals surface area contributed by atoms with Crippen LogP contribution in [0.1, 0.15) is 12.8 Å². The van der Waals surface area contributed by atoms with Crippen LogP contribution in [0.15, 0.2) is 22.7 Å². The van der Waals surface area contributed by atoms with E-state index < -0.39 is 29.8 Å².